The third-order valence-corrected chi connectivity index (χ3v) is 1.62. The van der Waals surface area contributed by atoms with Crippen molar-refractivity contribution < 1.29 is 0 Å². The maximum Gasteiger partial charge on any atom is 0.0192 e. The Balaban J connectivity index is 3.83. The second-order valence-corrected chi connectivity index (χ2v) is 2.12. The topological polar surface area (TPSA) is 26.0 Å². The fourth-order valence-corrected chi connectivity index (χ4v) is 0.440. The highest BCUT2D eigenvalue weighted by atomic mass is 32.1. The summed E-state index contributed by atoms with van der Waals surface area (Å²) in [6, 6.07) is 0. The van der Waals surface area contributed by atoms with E-state index in [9.17, 15) is 0 Å². The zero-order valence-corrected chi connectivity index (χ0v) is 6.09. The predicted octanol–water partition coefficient (Wildman–Crippen LogP) is 1.63. The van der Waals surface area contributed by atoms with Crippen molar-refractivity contribution in [3.8, 4) is 0 Å². The van der Waals surface area contributed by atoms with Gasteiger partial charge in [-0.15, -0.1) is 0 Å². The number of allylic oxidation sites excluding steroid dienone is 1. The minimum atomic E-state index is 0.912. The summed E-state index contributed by atoms with van der Waals surface area (Å²) in [5.41, 5.74) is 6.22. The van der Waals surface area contributed by atoms with E-state index < -0.39 is 0 Å². The summed E-state index contributed by atoms with van der Waals surface area (Å²) < 4.78 is 0. The summed E-state index contributed by atoms with van der Waals surface area (Å²) in [5.74, 6) is 0. The molecule has 0 amide bonds. The van der Waals surface area contributed by atoms with E-state index in [1.165, 1.54) is 0 Å². The highest BCUT2D eigenvalue weighted by Crippen LogP contribution is 1.97. The van der Waals surface area contributed by atoms with Gasteiger partial charge >= 0.3 is 0 Å². The van der Waals surface area contributed by atoms with Crippen molar-refractivity contribution in [2.24, 2.45) is 5.73 Å². The first-order valence-corrected chi connectivity index (χ1v) is 3.05. The standard InChI is InChI=1S/C6H11NS/c1-3-6(8)5(2)4-7/h4H,3,7H2,1-2H3/b5-4-. The van der Waals surface area contributed by atoms with Gasteiger partial charge < -0.3 is 5.73 Å². The van der Waals surface area contributed by atoms with E-state index in [0.29, 0.717) is 0 Å². The first-order valence-electron chi connectivity index (χ1n) is 2.64. The van der Waals surface area contributed by atoms with E-state index in [0.717, 1.165) is 16.9 Å². The SMILES string of the molecule is CCC(=S)/C(C)=C\N. The van der Waals surface area contributed by atoms with Crippen LogP contribution in [0.15, 0.2) is 11.8 Å². The van der Waals surface area contributed by atoms with E-state index in [2.05, 4.69) is 0 Å². The smallest absolute Gasteiger partial charge is 0.0192 e. The Morgan fingerprint density at radius 2 is 2.25 bits per heavy atom. The first-order chi connectivity index (χ1) is 3.72. The molecule has 0 heterocycles. The van der Waals surface area contributed by atoms with Crippen LogP contribution >= 0.6 is 12.2 Å². The third kappa shape index (κ3) is 2.07. The molecule has 0 aromatic carbocycles. The number of hydrogen-bond donors (Lipinski definition) is 1. The Morgan fingerprint density at radius 1 is 1.75 bits per heavy atom. The largest absolute Gasteiger partial charge is 0.404 e. The Morgan fingerprint density at radius 3 is 2.38 bits per heavy atom. The molecule has 0 rings (SSSR count). The lowest BCUT2D eigenvalue weighted by Crippen LogP contribution is -1.95. The van der Waals surface area contributed by atoms with E-state index in [-0.39, 0.29) is 0 Å². The van der Waals surface area contributed by atoms with Gasteiger partial charge in [0, 0.05) is 4.86 Å². The Kier molecular flexibility index (Phi) is 3.44. The molecule has 0 fully saturated rings. The molecule has 0 saturated carbocycles. The van der Waals surface area contributed by atoms with Gasteiger partial charge in [-0.2, -0.15) is 0 Å². The summed E-state index contributed by atoms with van der Waals surface area (Å²) in [6.45, 7) is 3.95. The summed E-state index contributed by atoms with van der Waals surface area (Å²) >= 11 is 4.93. The molecule has 0 radical (unpaired) electrons. The van der Waals surface area contributed by atoms with E-state index >= 15 is 0 Å². The van der Waals surface area contributed by atoms with Gasteiger partial charge in [-0.1, -0.05) is 19.1 Å². The van der Waals surface area contributed by atoms with E-state index in [4.69, 9.17) is 18.0 Å². The van der Waals surface area contributed by atoms with Crippen LogP contribution in [0.2, 0.25) is 0 Å². The highest BCUT2D eigenvalue weighted by molar-refractivity contribution is 7.80. The Labute approximate surface area is 55.6 Å². The molecule has 0 aromatic heterocycles. The third-order valence-electron chi connectivity index (χ3n) is 1.01. The zero-order chi connectivity index (χ0) is 6.57. The van der Waals surface area contributed by atoms with Crippen molar-refractivity contribution in [2.75, 3.05) is 0 Å². The fraction of sp³-hybridized carbons (Fsp3) is 0.500. The first kappa shape index (κ1) is 7.63. The summed E-state index contributed by atoms with van der Waals surface area (Å²) in [4.78, 5) is 0.951. The van der Waals surface area contributed by atoms with Crippen molar-refractivity contribution in [3.05, 3.63) is 11.8 Å². The number of thiocarbonyl (C=S) groups is 1. The van der Waals surface area contributed by atoms with Crippen LogP contribution in [0, 0.1) is 0 Å². The number of hydrogen-bond acceptors (Lipinski definition) is 2. The minimum Gasteiger partial charge on any atom is -0.404 e. The van der Waals surface area contributed by atoms with Gasteiger partial charge in [-0.05, 0) is 25.1 Å². The average Bonchev–Trinajstić information content (AvgIpc) is 1.84. The van der Waals surface area contributed by atoms with Crippen molar-refractivity contribution in [1.29, 1.82) is 0 Å². The predicted molar refractivity (Wildman–Crippen MR) is 40.8 cm³/mol. The Bertz CT molecular complexity index is 116. The van der Waals surface area contributed by atoms with Crippen molar-refractivity contribution in [1.82, 2.24) is 0 Å². The molecule has 0 saturated heterocycles. The number of rotatable bonds is 2. The molecule has 2 N–H and O–H groups in total. The van der Waals surface area contributed by atoms with E-state index in [1.54, 1.807) is 6.20 Å². The fourth-order valence-electron chi connectivity index (χ4n) is 0.372. The highest BCUT2D eigenvalue weighted by Gasteiger charge is 1.91. The average molecular weight is 129 g/mol. The molecule has 2 heteroatoms. The molecule has 0 aliphatic carbocycles. The molecule has 0 aliphatic heterocycles. The quantitative estimate of drug-likeness (QED) is 0.453. The van der Waals surface area contributed by atoms with Crippen molar-refractivity contribution >= 4 is 17.1 Å². The molecule has 8 heavy (non-hydrogen) atoms. The molecule has 0 aliphatic rings. The second kappa shape index (κ2) is 3.61. The van der Waals surface area contributed by atoms with Crippen LogP contribution in [0.5, 0.6) is 0 Å². The van der Waals surface area contributed by atoms with E-state index in [1.807, 2.05) is 13.8 Å². The summed E-state index contributed by atoms with van der Waals surface area (Å²) in [7, 11) is 0. The van der Waals surface area contributed by atoms with Gasteiger partial charge in [0.2, 0.25) is 0 Å². The minimum absolute atomic E-state index is 0.912. The van der Waals surface area contributed by atoms with Gasteiger partial charge in [-0.3, -0.25) is 0 Å². The molecular formula is C6H11NS. The molecule has 46 valence electrons. The van der Waals surface area contributed by atoms with Crippen LogP contribution in [0.25, 0.3) is 0 Å². The molecular weight excluding hydrogens is 118 g/mol. The molecule has 0 unspecified atom stereocenters. The summed E-state index contributed by atoms with van der Waals surface area (Å²) in [5, 5.41) is 0. The second-order valence-electron chi connectivity index (χ2n) is 1.63. The van der Waals surface area contributed by atoms with Crippen molar-refractivity contribution in [2.45, 2.75) is 20.3 Å². The van der Waals surface area contributed by atoms with Gasteiger partial charge in [-0.25, -0.2) is 0 Å². The molecule has 0 atom stereocenters. The van der Waals surface area contributed by atoms with Crippen molar-refractivity contribution in [3.63, 3.8) is 0 Å². The van der Waals surface area contributed by atoms with Crippen LogP contribution in [0.3, 0.4) is 0 Å². The normalized spacial score (nSPS) is 11.5. The van der Waals surface area contributed by atoms with Crippen LogP contribution < -0.4 is 5.73 Å². The molecule has 0 aromatic rings. The van der Waals surface area contributed by atoms with Gasteiger partial charge in [0.05, 0.1) is 0 Å². The van der Waals surface area contributed by atoms with Crippen LogP contribution in [-0.2, 0) is 0 Å². The monoisotopic (exact) mass is 129 g/mol. The number of nitrogens with two attached hydrogens (primary N) is 1. The van der Waals surface area contributed by atoms with Crippen LogP contribution in [0.4, 0.5) is 0 Å². The van der Waals surface area contributed by atoms with Crippen LogP contribution in [0.1, 0.15) is 20.3 Å². The Hall–Kier alpha value is -0.370. The molecule has 0 bridgehead atoms. The van der Waals surface area contributed by atoms with Crippen LogP contribution in [-0.4, -0.2) is 4.86 Å². The molecule has 0 spiro atoms. The van der Waals surface area contributed by atoms with Gasteiger partial charge in [0.15, 0.2) is 0 Å². The lowest BCUT2D eigenvalue weighted by Gasteiger charge is -1.95. The molecule has 1 nitrogen and oxygen atoms in total. The lowest BCUT2D eigenvalue weighted by molar-refractivity contribution is 1.29. The zero-order valence-electron chi connectivity index (χ0n) is 5.27. The lowest BCUT2D eigenvalue weighted by atomic mass is 10.2. The van der Waals surface area contributed by atoms with Gasteiger partial charge in [0.25, 0.3) is 0 Å². The maximum absolute atomic E-state index is 5.20. The summed E-state index contributed by atoms with van der Waals surface area (Å²) in [6.07, 6.45) is 2.46. The van der Waals surface area contributed by atoms with Gasteiger partial charge in [0.1, 0.15) is 0 Å². The maximum atomic E-state index is 5.20.